The molecule has 8 nitrogen and oxygen atoms in total. The van der Waals surface area contributed by atoms with Gasteiger partial charge in [0.15, 0.2) is 0 Å². The smallest absolute Gasteiger partial charge is 0.266 e. The fourth-order valence-corrected chi connectivity index (χ4v) is 3.03. The zero-order valence-electron chi connectivity index (χ0n) is 15.6. The maximum atomic E-state index is 10.6. The Kier molecular flexibility index (Phi) is 9.94. The predicted octanol–water partition coefficient (Wildman–Crippen LogP) is 2.39. The van der Waals surface area contributed by atoms with E-state index in [9.17, 15) is 16.8 Å². The van der Waals surface area contributed by atoms with Crippen molar-refractivity contribution in [1.29, 1.82) is 0 Å². The molecule has 0 aliphatic carbocycles. The van der Waals surface area contributed by atoms with Crippen LogP contribution in [0.3, 0.4) is 0 Å². The van der Waals surface area contributed by atoms with Gasteiger partial charge in [-0.2, -0.15) is 16.8 Å². The second-order valence-electron chi connectivity index (χ2n) is 5.78. The molecule has 0 amide bonds. The molecule has 3 N–H and O–H groups in total. The van der Waals surface area contributed by atoms with Crippen LogP contribution < -0.4 is 10.2 Å². The highest BCUT2D eigenvalue weighted by Crippen LogP contribution is 2.12. The van der Waals surface area contributed by atoms with Crippen LogP contribution in [0.5, 0.6) is 0 Å². The molecule has 0 saturated carbocycles. The van der Waals surface area contributed by atoms with Crippen LogP contribution in [0, 0.1) is 0 Å². The monoisotopic (exact) mass is 430 g/mol. The van der Waals surface area contributed by atoms with E-state index in [0.29, 0.717) is 13.1 Å². The third-order valence-electron chi connectivity index (χ3n) is 3.59. The van der Waals surface area contributed by atoms with Crippen molar-refractivity contribution < 1.29 is 25.9 Å². The molecule has 0 spiro atoms. The minimum atomic E-state index is -3.88. The van der Waals surface area contributed by atoms with Crippen molar-refractivity contribution in [2.45, 2.75) is 6.92 Å². The van der Waals surface area contributed by atoms with Crippen LogP contribution in [0.4, 0.5) is 11.4 Å². The molecule has 0 saturated heterocycles. The van der Waals surface area contributed by atoms with Gasteiger partial charge in [0.2, 0.25) is 0 Å². The van der Waals surface area contributed by atoms with Gasteiger partial charge in [-0.05, 0) is 31.2 Å². The first-order chi connectivity index (χ1) is 13.1. The molecule has 0 unspecified atom stereocenters. The maximum Gasteiger partial charge on any atom is 0.266 e. The summed E-state index contributed by atoms with van der Waals surface area (Å²) >= 11 is 0. The summed E-state index contributed by atoms with van der Waals surface area (Å²) in [6.45, 7) is 3.17. The van der Waals surface area contributed by atoms with Gasteiger partial charge in [-0.15, -0.1) is 0 Å². The molecule has 10 heteroatoms. The van der Waals surface area contributed by atoms with E-state index in [1.54, 1.807) is 0 Å². The summed E-state index contributed by atoms with van der Waals surface area (Å²) in [4.78, 5) is 1.90. The first-order valence-corrected chi connectivity index (χ1v) is 11.8. The van der Waals surface area contributed by atoms with Crippen molar-refractivity contribution in [3.8, 4) is 0 Å². The number of hydrogen-bond donors (Lipinski definition) is 3. The van der Waals surface area contributed by atoms with Gasteiger partial charge >= 0.3 is 0 Å². The molecule has 0 aliphatic heterocycles. The summed E-state index contributed by atoms with van der Waals surface area (Å²) < 4.78 is 59.0. The highest BCUT2D eigenvalue weighted by Gasteiger charge is 2.09. The minimum Gasteiger partial charge on any atom is -0.384 e. The first kappa shape index (κ1) is 23.9. The van der Waals surface area contributed by atoms with Gasteiger partial charge in [-0.1, -0.05) is 36.4 Å². The summed E-state index contributed by atoms with van der Waals surface area (Å²) in [5, 5.41) is 2.86. The molecule has 2 aromatic rings. The van der Waals surface area contributed by atoms with Gasteiger partial charge in [0.25, 0.3) is 20.2 Å². The molecule has 2 aromatic carbocycles. The van der Waals surface area contributed by atoms with Crippen LogP contribution in [-0.2, 0) is 20.2 Å². The fourth-order valence-electron chi connectivity index (χ4n) is 2.21. The van der Waals surface area contributed by atoms with Crippen molar-refractivity contribution >= 4 is 31.6 Å². The van der Waals surface area contributed by atoms with Crippen molar-refractivity contribution in [3.05, 3.63) is 60.7 Å². The summed E-state index contributed by atoms with van der Waals surface area (Å²) in [6, 6.07) is 18.7. The lowest BCUT2D eigenvalue weighted by molar-refractivity contribution is 0.481. The van der Waals surface area contributed by atoms with E-state index in [1.165, 1.54) is 0 Å². The van der Waals surface area contributed by atoms with Gasteiger partial charge in [0.1, 0.15) is 0 Å². The number of para-hydroxylation sites is 2. The molecule has 0 radical (unpaired) electrons. The van der Waals surface area contributed by atoms with Crippen LogP contribution in [0.1, 0.15) is 6.92 Å². The normalized spacial score (nSPS) is 11.2. The van der Waals surface area contributed by atoms with Crippen LogP contribution in [0.2, 0.25) is 0 Å². The Labute approximate surface area is 166 Å². The highest BCUT2D eigenvalue weighted by molar-refractivity contribution is 7.86. The Bertz CT molecular complexity index is 888. The van der Waals surface area contributed by atoms with E-state index in [-0.39, 0.29) is 18.1 Å². The molecule has 28 heavy (non-hydrogen) atoms. The Morgan fingerprint density at radius 3 is 1.79 bits per heavy atom. The van der Waals surface area contributed by atoms with Crippen LogP contribution >= 0.6 is 0 Å². The zero-order valence-corrected chi connectivity index (χ0v) is 17.2. The number of benzene rings is 2. The van der Waals surface area contributed by atoms with E-state index < -0.39 is 20.2 Å². The van der Waals surface area contributed by atoms with E-state index in [4.69, 9.17) is 9.11 Å². The van der Waals surface area contributed by atoms with Crippen molar-refractivity contribution in [1.82, 2.24) is 0 Å². The Morgan fingerprint density at radius 2 is 1.32 bits per heavy atom. The minimum absolute atomic E-state index is 0.211. The standard InChI is InChI=1S/C10H15NO3S.C8H11NO3S/c1-2-11(8-9-15(12,13)14)10-6-4-3-5-7-10;10-13(11,12)7-6-9-8-4-2-1-3-5-8/h3-7H,2,8-9H2,1H3,(H,12,13,14);1-5,9H,6-7H2,(H,10,11,12). The lowest BCUT2D eigenvalue weighted by Gasteiger charge is -2.22. The largest absolute Gasteiger partial charge is 0.384 e. The Hall–Kier alpha value is -2.14. The average Bonchev–Trinajstić information content (AvgIpc) is 2.63. The first-order valence-electron chi connectivity index (χ1n) is 8.60. The number of rotatable bonds is 9. The quantitative estimate of drug-likeness (QED) is 0.518. The lowest BCUT2D eigenvalue weighted by atomic mass is 10.3. The summed E-state index contributed by atoms with van der Waals surface area (Å²) in [5.41, 5.74) is 1.80. The predicted molar refractivity (Wildman–Crippen MR) is 112 cm³/mol. The summed E-state index contributed by atoms with van der Waals surface area (Å²) in [7, 11) is -7.74. The topological polar surface area (TPSA) is 124 Å². The Balaban J connectivity index is 0.000000283. The van der Waals surface area contributed by atoms with E-state index in [1.807, 2.05) is 72.5 Å². The number of nitrogens with zero attached hydrogens (tertiary/aromatic N) is 1. The molecule has 0 heterocycles. The zero-order chi connectivity index (χ0) is 21.0. The van der Waals surface area contributed by atoms with E-state index in [0.717, 1.165) is 11.4 Å². The highest BCUT2D eigenvalue weighted by atomic mass is 32.2. The van der Waals surface area contributed by atoms with E-state index in [2.05, 4.69) is 5.32 Å². The maximum absolute atomic E-state index is 10.6. The number of hydrogen-bond acceptors (Lipinski definition) is 6. The number of nitrogens with one attached hydrogen (secondary N) is 1. The molecule has 0 aliphatic rings. The Morgan fingerprint density at radius 1 is 0.821 bits per heavy atom. The van der Waals surface area contributed by atoms with Crippen molar-refractivity contribution in [2.24, 2.45) is 0 Å². The summed E-state index contributed by atoms with van der Waals surface area (Å²) in [6.07, 6.45) is 0. The molecule has 0 atom stereocenters. The third kappa shape index (κ3) is 11.5. The fraction of sp³-hybridized carbons (Fsp3) is 0.333. The van der Waals surface area contributed by atoms with Crippen LogP contribution in [0.15, 0.2) is 60.7 Å². The molecular formula is C18H26N2O6S2. The molecule has 156 valence electrons. The van der Waals surface area contributed by atoms with Gasteiger partial charge in [-0.25, -0.2) is 0 Å². The second-order valence-corrected chi connectivity index (χ2v) is 8.92. The molecule has 0 aromatic heterocycles. The average molecular weight is 431 g/mol. The van der Waals surface area contributed by atoms with E-state index >= 15 is 0 Å². The SMILES string of the molecule is CCN(CCS(=O)(=O)O)c1ccccc1.O=S(=O)(O)CCNc1ccccc1. The second kappa shape index (κ2) is 11.6. The van der Waals surface area contributed by atoms with Gasteiger partial charge in [0.05, 0.1) is 11.5 Å². The third-order valence-corrected chi connectivity index (χ3v) is 5.00. The van der Waals surface area contributed by atoms with Crippen molar-refractivity contribution in [3.63, 3.8) is 0 Å². The van der Waals surface area contributed by atoms with Crippen LogP contribution in [0.25, 0.3) is 0 Å². The number of anilines is 2. The van der Waals surface area contributed by atoms with Gasteiger partial charge in [-0.3, -0.25) is 9.11 Å². The molecular weight excluding hydrogens is 404 g/mol. The summed E-state index contributed by atoms with van der Waals surface area (Å²) in [5.74, 6) is -0.516. The lowest BCUT2D eigenvalue weighted by Crippen LogP contribution is -2.28. The van der Waals surface area contributed by atoms with Crippen LogP contribution in [-0.4, -0.2) is 57.1 Å². The van der Waals surface area contributed by atoms with Gasteiger partial charge < -0.3 is 10.2 Å². The molecule has 0 fully saturated rings. The molecule has 0 bridgehead atoms. The van der Waals surface area contributed by atoms with Gasteiger partial charge in [0, 0.05) is 31.0 Å². The molecule has 2 rings (SSSR count). The van der Waals surface area contributed by atoms with Crippen molar-refractivity contribution in [2.75, 3.05) is 41.4 Å².